The van der Waals surface area contributed by atoms with Crippen molar-refractivity contribution < 1.29 is 23.9 Å². The molecule has 8 heteroatoms. The number of para-hydroxylation sites is 1. The van der Waals surface area contributed by atoms with Gasteiger partial charge in [-0.25, -0.2) is 4.79 Å². The molecule has 2 amide bonds. The molecule has 29 heavy (non-hydrogen) atoms. The molecule has 2 aromatic rings. The Hall–Kier alpha value is -3.19. The van der Waals surface area contributed by atoms with Crippen molar-refractivity contribution in [1.29, 1.82) is 0 Å². The molecule has 0 aliphatic rings. The van der Waals surface area contributed by atoms with Crippen LogP contribution in [-0.4, -0.2) is 30.2 Å². The van der Waals surface area contributed by atoms with E-state index in [9.17, 15) is 19.2 Å². The number of esters is 1. The van der Waals surface area contributed by atoms with E-state index >= 15 is 0 Å². The summed E-state index contributed by atoms with van der Waals surface area (Å²) in [4.78, 5) is 48.3. The molecule has 0 saturated carbocycles. The average Bonchev–Trinajstić information content (AvgIpc) is 2.68. The largest absolute Gasteiger partial charge is 0.462 e. The SMILES string of the molecule is CCOC(=O)c1ccc(NC(=O)C(CC(=O)Nc2ccccc2Cl)C(C)=O)cc1. The van der Waals surface area contributed by atoms with Gasteiger partial charge in [0.15, 0.2) is 0 Å². The fourth-order valence-electron chi connectivity index (χ4n) is 2.50. The Balaban J connectivity index is 2.02. The van der Waals surface area contributed by atoms with Gasteiger partial charge in [-0.15, -0.1) is 0 Å². The van der Waals surface area contributed by atoms with Crippen molar-refractivity contribution in [2.45, 2.75) is 20.3 Å². The first-order valence-electron chi connectivity index (χ1n) is 8.94. The molecule has 0 heterocycles. The smallest absolute Gasteiger partial charge is 0.338 e. The van der Waals surface area contributed by atoms with E-state index in [4.69, 9.17) is 16.3 Å². The number of halogens is 1. The minimum Gasteiger partial charge on any atom is -0.462 e. The van der Waals surface area contributed by atoms with Gasteiger partial charge in [-0.1, -0.05) is 23.7 Å². The summed E-state index contributed by atoms with van der Waals surface area (Å²) in [7, 11) is 0. The number of carbonyl (C=O) groups is 4. The molecule has 0 bridgehead atoms. The summed E-state index contributed by atoms with van der Waals surface area (Å²) < 4.78 is 4.89. The number of ketones is 1. The van der Waals surface area contributed by atoms with E-state index in [2.05, 4.69) is 10.6 Å². The van der Waals surface area contributed by atoms with Crippen molar-refractivity contribution >= 4 is 46.5 Å². The van der Waals surface area contributed by atoms with Crippen molar-refractivity contribution in [2.24, 2.45) is 5.92 Å². The minimum atomic E-state index is -1.16. The second kappa shape index (κ2) is 10.4. The number of ether oxygens (including phenoxy) is 1. The number of hydrogen-bond acceptors (Lipinski definition) is 5. The highest BCUT2D eigenvalue weighted by Crippen LogP contribution is 2.21. The second-order valence-corrected chi connectivity index (χ2v) is 6.59. The number of benzene rings is 2. The molecule has 1 atom stereocenters. The lowest BCUT2D eigenvalue weighted by Gasteiger charge is -2.15. The van der Waals surface area contributed by atoms with E-state index < -0.39 is 29.5 Å². The zero-order chi connectivity index (χ0) is 21.4. The number of rotatable bonds is 8. The van der Waals surface area contributed by atoms with Crippen LogP contribution in [0.4, 0.5) is 11.4 Å². The Morgan fingerprint density at radius 3 is 2.24 bits per heavy atom. The standard InChI is InChI=1S/C21H21ClN2O5/c1-3-29-21(28)14-8-10-15(11-9-14)23-20(27)16(13(2)25)12-19(26)24-18-7-5-4-6-17(18)22/h4-11,16H,3,12H2,1-2H3,(H,23,27)(H,24,26). The first kappa shape index (κ1) is 22.1. The lowest BCUT2D eigenvalue weighted by atomic mass is 9.99. The van der Waals surface area contributed by atoms with Crippen LogP contribution in [-0.2, 0) is 19.1 Å². The summed E-state index contributed by atoms with van der Waals surface area (Å²) >= 11 is 6.00. The van der Waals surface area contributed by atoms with Gasteiger partial charge in [-0.05, 0) is 50.2 Å². The van der Waals surface area contributed by atoms with Crippen LogP contribution in [0.2, 0.25) is 5.02 Å². The number of carbonyl (C=O) groups excluding carboxylic acids is 4. The van der Waals surface area contributed by atoms with Crippen molar-refractivity contribution in [3.63, 3.8) is 0 Å². The van der Waals surface area contributed by atoms with Gasteiger partial charge in [0.05, 0.1) is 22.9 Å². The molecular formula is C21H21ClN2O5. The van der Waals surface area contributed by atoms with Crippen LogP contribution in [0.1, 0.15) is 30.6 Å². The normalized spacial score (nSPS) is 11.3. The van der Waals surface area contributed by atoms with Gasteiger partial charge < -0.3 is 15.4 Å². The van der Waals surface area contributed by atoms with Crippen molar-refractivity contribution in [1.82, 2.24) is 0 Å². The first-order chi connectivity index (χ1) is 13.8. The second-order valence-electron chi connectivity index (χ2n) is 6.18. The molecule has 7 nitrogen and oxygen atoms in total. The average molecular weight is 417 g/mol. The maximum absolute atomic E-state index is 12.5. The van der Waals surface area contributed by atoms with Crippen LogP contribution in [0, 0.1) is 5.92 Å². The molecule has 2 aromatic carbocycles. The zero-order valence-corrected chi connectivity index (χ0v) is 16.8. The predicted octanol–water partition coefficient (Wildman–Crippen LogP) is 3.69. The number of nitrogens with one attached hydrogen (secondary N) is 2. The molecule has 1 unspecified atom stereocenters. The highest BCUT2D eigenvalue weighted by Gasteiger charge is 2.26. The van der Waals surface area contributed by atoms with Crippen molar-refractivity contribution in [2.75, 3.05) is 17.2 Å². The molecular weight excluding hydrogens is 396 g/mol. The predicted molar refractivity (Wildman–Crippen MR) is 110 cm³/mol. The number of anilines is 2. The third-order valence-electron chi connectivity index (χ3n) is 4.01. The van der Waals surface area contributed by atoms with Gasteiger partial charge in [-0.3, -0.25) is 14.4 Å². The third kappa shape index (κ3) is 6.43. The lowest BCUT2D eigenvalue weighted by Crippen LogP contribution is -2.32. The van der Waals surface area contributed by atoms with E-state index in [-0.39, 0.29) is 13.0 Å². The molecule has 0 saturated heterocycles. The van der Waals surface area contributed by atoms with Crippen LogP contribution < -0.4 is 10.6 Å². The van der Waals surface area contributed by atoms with Crippen molar-refractivity contribution in [3.05, 3.63) is 59.1 Å². The van der Waals surface area contributed by atoms with E-state index in [1.807, 2.05) is 0 Å². The van der Waals surface area contributed by atoms with Gasteiger partial charge in [0.2, 0.25) is 11.8 Å². The van der Waals surface area contributed by atoms with Gasteiger partial charge in [0.1, 0.15) is 11.7 Å². The van der Waals surface area contributed by atoms with E-state index in [1.54, 1.807) is 31.2 Å². The number of Topliss-reactive ketones (excluding diaryl/α,β-unsaturated/α-hetero) is 1. The molecule has 0 radical (unpaired) electrons. The summed E-state index contributed by atoms with van der Waals surface area (Å²) in [6.45, 7) is 3.21. The Labute approximate surface area is 173 Å². The van der Waals surface area contributed by atoms with Gasteiger partial charge in [-0.2, -0.15) is 0 Å². The van der Waals surface area contributed by atoms with E-state index in [0.717, 1.165) is 0 Å². The number of amides is 2. The maximum Gasteiger partial charge on any atom is 0.338 e. The van der Waals surface area contributed by atoms with Crippen LogP contribution in [0.3, 0.4) is 0 Å². The Bertz CT molecular complexity index is 912. The summed E-state index contributed by atoms with van der Waals surface area (Å²) in [5, 5.41) is 5.53. The van der Waals surface area contributed by atoms with Crippen LogP contribution in [0.5, 0.6) is 0 Å². The first-order valence-corrected chi connectivity index (χ1v) is 9.32. The Morgan fingerprint density at radius 2 is 1.66 bits per heavy atom. The Morgan fingerprint density at radius 1 is 1.00 bits per heavy atom. The summed E-state index contributed by atoms with van der Waals surface area (Å²) in [5.74, 6) is -3.20. The van der Waals surface area contributed by atoms with Gasteiger partial charge >= 0.3 is 5.97 Å². The van der Waals surface area contributed by atoms with E-state index in [0.29, 0.717) is 22.0 Å². The third-order valence-corrected chi connectivity index (χ3v) is 4.34. The zero-order valence-electron chi connectivity index (χ0n) is 16.0. The highest BCUT2D eigenvalue weighted by atomic mass is 35.5. The van der Waals surface area contributed by atoms with Crippen LogP contribution in [0.15, 0.2) is 48.5 Å². The molecule has 2 N–H and O–H groups in total. The summed E-state index contributed by atoms with van der Waals surface area (Å²) in [5.41, 5.74) is 1.13. The molecule has 0 aliphatic heterocycles. The molecule has 0 aliphatic carbocycles. The quantitative estimate of drug-likeness (QED) is 0.504. The molecule has 0 spiro atoms. The van der Waals surface area contributed by atoms with Crippen LogP contribution >= 0.6 is 11.6 Å². The monoisotopic (exact) mass is 416 g/mol. The maximum atomic E-state index is 12.5. The molecule has 0 aromatic heterocycles. The summed E-state index contributed by atoms with van der Waals surface area (Å²) in [6.07, 6.45) is -0.326. The number of hydrogen-bond donors (Lipinski definition) is 2. The van der Waals surface area contributed by atoms with Gasteiger partial charge in [0.25, 0.3) is 0 Å². The van der Waals surface area contributed by atoms with Crippen LogP contribution in [0.25, 0.3) is 0 Å². The Kier molecular flexibility index (Phi) is 7.91. The van der Waals surface area contributed by atoms with Crippen molar-refractivity contribution in [3.8, 4) is 0 Å². The fraction of sp³-hybridized carbons (Fsp3) is 0.238. The summed E-state index contributed by atoms with van der Waals surface area (Å²) in [6, 6.07) is 12.7. The molecule has 152 valence electrons. The lowest BCUT2D eigenvalue weighted by molar-refractivity contribution is -0.133. The topological polar surface area (TPSA) is 102 Å². The van der Waals surface area contributed by atoms with Gasteiger partial charge in [0, 0.05) is 12.1 Å². The molecule has 0 fully saturated rings. The minimum absolute atomic E-state index is 0.258. The molecule has 2 rings (SSSR count). The fourth-order valence-corrected chi connectivity index (χ4v) is 2.69. The highest BCUT2D eigenvalue weighted by molar-refractivity contribution is 6.33. The van der Waals surface area contributed by atoms with E-state index in [1.165, 1.54) is 31.2 Å².